The zero-order chi connectivity index (χ0) is 22.6. The molecule has 0 saturated carbocycles. The number of nitrogens with zero attached hydrogens (tertiary/aromatic N) is 1. The molecule has 0 atom stereocenters. The lowest BCUT2D eigenvalue weighted by molar-refractivity contribution is 0.0665. The van der Waals surface area contributed by atoms with Crippen LogP contribution in [0.1, 0.15) is 76.0 Å². The second-order valence-corrected chi connectivity index (χ2v) is 9.08. The number of hydrogen-bond acceptors (Lipinski definition) is 3. The van der Waals surface area contributed by atoms with Gasteiger partial charge in [0.05, 0.1) is 0 Å². The molecule has 5 rings (SSSR count). The maximum absolute atomic E-state index is 13.4. The van der Waals surface area contributed by atoms with Crippen molar-refractivity contribution in [2.45, 2.75) is 58.9 Å². The van der Waals surface area contributed by atoms with E-state index < -0.39 is 5.54 Å². The van der Waals surface area contributed by atoms with Gasteiger partial charge < -0.3 is 4.74 Å². The molecule has 0 aromatic heterocycles. The predicted molar refractivity (Wildman–Crippen MR) is 127 cm³/mol. The number of fused-ring (bicyclic) bond motifs is 6. The number of nitrogens with two attached hydrogens (primary N) is 1. The minimum Gasteiger partial charge on any atom is -0.457 e. The van der Waals surface area contributed by atoms with Crippen LogP contribution in [-0.2, 0) is 18.4 Å². The molecule has 2 aliphatic rings. The molecule has 0 unspecified atom stereocenters. The van der Waals surface area contributed by atoms with Gasteiger partial charge in [-0.05, 0) is 79.3 Å². The van der Waals surface area contributed by atoms with E-state index >= 15 is 0 Å². The van der Waals surface area contributed by atoms with Crippen LogP contribution < -0.4 is 10.6 Å². The van der Waals surface area contributed by atoms with Gasteiger partial charge in [-0.15, -0.1) is 0 Å². The Balaban J connectivity index is 1.88. The van der Waals surface area contributed by atoms with Crippen molar-refractivity contribution >= 4 is 5.91 Å². The fourth-order valence-electron chi connectivity index (χ4n) is 5.48. The van der Waals surface area contributed by atoms with E-state index in [1.54, 1.807) is 0 Å². The van der Waals surface area contributed by atoms with Crippen molar-refractivity contribution in [2.75, 3.05) is 0 Å². The highest BCUT2D eigenvalue weighted by molar-refractivity contribution is 6.02. The van der Waals surface area contributed by atoms with Gasteiger partial charge in [0.1, 0.15) is 17.0 Å². The summed E-state index contributed by atoms with van der Waals surface area (Å²) in [5.41, 5.74) is 7.48. The zero-order valence-corrected chi connectivity index (χ0v) is 19.3. The first-order valence-electron chi connectivity index (χ1n) is 11.6. The Morgan fingerprint density at radius 3 is 1.91 bits per heavy atom. The third-order valence-electron chi connectivity index (χ3n) is 7.04. The highest BCUT2D eigenvalue weighted by Crippen LogP contribution is 2.57. The summed E-state index contributed by atoms with van der Waals surface area (Å²) in [5.74, 6) is 8.11. The summed E-state index contributed by atoms with van der Waals surface area (Å²) < 4.78 is 6.55. The van der Waals surface area contributed by atoms with Crippen molar-refractivity contribution in [3.8, 4) is 11.5 Å². The van der Waals surface area contributed by atoms with E-state index in [4.69, 9.17) is 10.6 Å². The van der Waals surface area contributed by atoms with Crippen LogP contribution in [0.5, 0.6) is 11.5 Å². The Kier molecular flexibility index (Phi) is 4.86. The SMILES string of the molecule is CCCc1cc2c(cc1C)C1(c3cc(C)c(CCC)cc3O2)c2ccccc2C(=O)N1N. The number of hydrogen-bond donors (Lipinski definition) is 1. The Hall–Kier alpha value is -3.11. The molecule has 0 aliphatic carbocycles. The molecule has 4 heteroatoms. The van der Waals surface area contributed by atoms with E-state index in [1.807, 2.05) is 24.3 Å². The van der Waals surface area contributed by atoms with Crippen molar-refractivity contribution < 1.29 is 9.53 Å². The summed E-state index contributed by atoms with van der Waals surface area (Å²) in [7, 11) is 0. The van der Waals surface area contributed by atoms with Crippen LogP contribution in [0.15, 0.2) is 48.5 Å². The second kappa shape index (κ2) is 7.49. The van der Waals surface area contributed by atoms with E-state index in [2.05, 4.69) is 52.0 Å². The molecular formula is C28H30N2O2. The molecule has 0 bridgehead atoms. The summed E-state index contributed by atoms with van der Waals surface area (Å²) in [6.07, 6.45) is 4.09. The standard InChI is InChI=1S/C28H30N2O2/c1-5-9-19-15-25-23(13-17(19)3)28(22-12-8-7-11-21(22)27(31)30(28)29)24-14-18(4)20(10-6-2)16-26(24)32-25/h7-8,11-16H,5-6,9-10,29H2,1-4H3. The number of aryl methyl sites for hydroxylation is 4. The number of carbonyl (C=O) groups is 1. The molecule has 0 radical (unpaired) electrons. The van der Waals surface area contributed by atoms with E-state index in [0.717, 1.165) is 53.9 Å². The Bertz CT molecular complexity index is 1180. The first-order valence-corrected chi connectivity index (χ1v) is 11.6. The fraction of sp³-hybridized carbons (Fsp3) is 0.321. The second-order valence-electron chi connectivity index (χ2n) is 9.08. The van der Waals surface area contributed by atoms with Gasteiger partial charge in [-0.1, -0.05) is 44.9 Å². The Morgan fingerprint density at radius 1 is 0.844 bits per heavy atom. The average molecular weight is 427 g/mol. The maximum atomic E-state index is 13.4. The van der Waals surface area contributed by atoms with Crippen LogP contribution >= 0.6 is 0 Å². The third-order valence-corrected chi connectivity index (χ3v) is 7.04. The van der Waals surface area contributed by atoms with Crippen molar-refractivity contribution in [3.63, 3.8) is 0 Å². The van der Waals surface area contributed by atoms with Gasteiger partial charge in [0.2, 0.25) is 0 Å². The third kappa shape index (κ3) is 2.69. The Morgan fingerprint density at radius 2 is 1.38 bits per heavy atom. The smallest absolute Gasteiger partial charge is 0.269 e. The topological polar surface area (TPSA) is 55.6 Å². The highest BCUT2D eigenvalue weighted by Gasteiger charge is 2.55. The summed E-state index contributed by atoms with van der Waals surface area (Å²) in [6.45, 7) is 8.63. The number of ether oxygens (including phenoxy) is 1. The Labute approximate surface area is 190 Å². The number of hydrazine groups is 1. The van der Waals surface area contributed by atoms with Crippen LogP contribution in [0.25, 0.3) is 0 Å². The van der Waals surface area contributed by atoms with Crippen molar-refractivity contribution in [1.29, 1.82) is 0 Å². The monoisotopic (exact) mass is 426 g/mol. The molecule has 1 spiro atoms. The quantitative estimate of drug-likeness (QED) is 0.415. The number of rotatable bonds is 4. The van der Waals surface area contributed by atoms with E-state index in [-0.39, 0.29) is 5.91 Å². The van der Waals surface area contributed by atoms with E-state index in [0.29, 0.717) is 5.56 Å². The average Bonchev–Trinajstić information content (AvgIpc) is 3.00. The minimum atomic E-state index is -0.901. The highest BCUT2D eigenvalue weighted by atomic mass is 16.5. The number of amides is 1. The fourth-order valence-corrected chi connectivity index (χ4v) is 5.48. The van der Waals surface area contributed by atoms with Gasteiger partial charge in [0.25, 0.3) is 5.91 Å². The molecule has 3 aromatic rings. The summed E-state index contributed by atoms with van der Waals surface area (Å²) in [4.78, 5) is 13.4. The van der Waals surface area contributed by atoms with Gasteiger partial charge in [0, 0.05) is 22.3 Å². The van der Waals surface area contributed by atoms with Gasteiger partial charge >= 0.3 is 0 Å². The molecule has 1 amide bonds. The van der Waals surface area contributed by atoms with Crippen LogP contribution in [0.4, 0.5) is 0 Å². The molecular weight excluding hydrogens is 396 g/mol. The minimum absolute atomic E-state index is 0.162. The molecule has 2 N–H and O–H groups in total. The van der Waals surface area contributed by atoms with E-state index in [9.17, 15) is 4.79 Å². The van der Waals surface area contributed by atoms with Crippen LogP contribution in [0, 0.1) is 13.8 Å². The summed E-state index contributed by atoms with van der Waals surface area (Å²) in [5, 5.41) is 1.43. The first-order chi connectivity index (χ1) is 15.4. The van der Waals surface area contributed by atoms with Gasteiger partial charge in [-0.25, -0.2) is 5.84 Å². The van der Waals surface area contributed by atoms with Crippen molar-refractivity contribution in [3.05, 3.63) is 93.0 Å². The van der Waals surface area contributed by atoms with Gasteiger partial charge in [0.15, 0.2) is 0 Å². The lowest BCUT2D eigenvalue weighted by atomic mass is 9.73. The summed E-state index contributed by atoms with van der Waals surface area (Å²) in [6, 6.07) is 16.4. The molecule has 2 heterocycles. The van der Waals surface area contributed by atoms with Crippen LogP contribution in [-0.4, -0.2) is 10.9 Å². The number of benzene rings is 3. The molecule has 0 fully saturated rings. The molecule has 4 nitrogen and oxygen atoms in total. The molecule has 32 heavy (non-hydrogen) atoms. The molecule has 3 aromatic carbocycles. The first kappa shape index (κ1) is 20.8. The molecule has 2 aliphatic heterocycles. The number of carbonyl (C=O) groups excluding carboxylic acids is 1. The van der Waals surface area contributed by atoms with E-state index in [1.165, 1.54) is 27.3 Å². The van der Waals surface area contributed by atoms with Crippen molar-refractivity contribution in [1.82, 2.24) is 5.01 Å². The molecule has 164 valence electrons. The maximum Gasteiger partial charge on any atom is 0.269 e. The van der Waals surface area contributed by atoms with Crippen molar-refractivity contribution in [2.24, 2.45) is 5.84 Å². The normalized spacial score (nSPS) is 15.4. The summed E-state index contributed by atoms with van der Waals surface area (Å²) >= 11 is 0. The predicted octanol–water partition coefficient (Wildman–Crippen LogP) is 5.94. The zero-order valence-electron chi connectivity index (χ0n) is 19.3. The van der Waals surface area contributed by atoms with Crippen LogP contribution in [0.3, 0.4) is 0 Å². The van der Waals surface area contributed by atoms with Gasteiger partial charge in [-0.2, -0.15) is 0 Å². The largest absolute Gasteiger partial charge is 0.457 e. The molecule has 0 saturated heterocycles. The lowest BCUT2D eigenvalue weighted by Crippen LogP contribution is -2.51. The van der Waals surface area contributed by atoms with Crippen LogP contribution in [0.2, 0.25) is 0 Å². The van der Waals surface area contributed by atoms with Gasteiger partial charge in [-0.3, -0.25) is 9.80 Å². The lowest BCUT2D eigenvalue weighted by Gasteiger charge is -2.42.